The first-order valence-corrected chi connectivity index (χ1v) is 11.9. The standard InChI is InChI=1S/C29H32N2O5/c1-29(2,18-20-6-4-3-5-7-20)31-28(36)25(16-17-26(33)34)30-27(35)24-14-12-23(13-15-24)22-10-8-21(19-32)9-11-22/h3-15,25,32H,16-19H2,1-2H3,(H,30,35)(H,31,36)(H,33,34)/t25-/m0/s1. The third kappa shape index (κ3) is 7.78. The molecule has 3 aromatic rings. The largest absolute Gasteiger partial charge is 0.481 e. The maximum Gasteiger partial charge on any atom is 0.303 e. The Bertz CT molecular complexity index is 1170. The number of benzene rings is 3. The molecule has 0 bridgehead atoms. The van der Waals surface area contributed by atoms with E-state index in [0.29, 0.717) is 12.0 Å². The summed E-state index contributed by atoms with van der Waals surface area (Å²) in [5.41, 5.74) is 3.48. The van der Waals surface area contributed by atoms with Gasteiger partial charge in [-0.2, -0.15) is 0 Å². The highest BCUT2D eigenvalue weighted by Crippen LogP contribution is 2.21. The Balaban J connectivity index is 1.69. The summed E-state index contributed by atoms with van der Waals surface area (Å²) in [6.07, 6.45) is 0.309. The Kier molecular flexibility index (Phi) is 8.97. The van der Waals surface area contributed by atoms with Crippen molar-refractivity contribution in [3.8, 4) is 11.1 Å². The molecule has 188 valence electrons. The Hall–Kier alpha value is -3.97. The number of aliphatic carboxylic acids is 1. The van der Waals surface area contributed by atoms with Crippen LogP contribution in [0.3, 0.4) is 0 Å². The van der Waals surface area contributed by atoms with Crippen molar-refractivity contribution in [3.63, 3.8) is 0 Å². The average Bonchev–Trinajstić information content (AvgIpc) is 2.86. The monoisotopic (exact) mass is 488 g/mol. The number of amides is 2. The Morgan fingerprint density at radius 3 is 1.97 bits per heavy atom. The van der Waals surface area contributed by atoms with Crippen LogP contribution in [-0.4, -0.2) is 39.6 Å². The highest BCUT2D eigenvalue weighted by atomic mass is 16.4. The lowest BCUT2D eigenvalue weighted by Gasteiger charge is -2.29. The van der Waals surface area contributed by atoms with E-state index >= 15 is 0 Å². The quantitative estimate of drug-likeness (QED) is 0.326. The highest BCUT2D eigenvalue weighted by Gasteiger charge is 2.28. The van der Waals surface area contributed by atoms with E-state index < -0.39 is 29.4 Å². The van der Waals surface area contributed by atoms with Gasteiger partial charge in [-0.15, -0.1) is 0 Å². The van der Waals surface area contributed by atoms with Gasteiger partial charge in [0.2, 0.25) is 5.91 Å². The number of aliphatic hydroxyl groups excluding tert-OH is 1. The normalized spacial score (nSPS) is 12.0. The SMILES string of the molecule is CC(C)(Cc1ccccc1)NC(=O)[C@H](CCC(=O)O)NC(=O)c1ccc(-c2ccc(CO)cc2)cc1. The van der Waals surface area contributed by atoms with Crippen molar-refractivity contribution in [2.24, 2.45) is 0 Å². The van der Waals surface area contributed by atoms with Gasteiger partial charge in [0.1, 0.15) is 6.04 Å². The van der Waals surface area contributed by atoms with E-state index in [1.54, 1.807) is 24.3 Å². The van der Waals surface area contributed by atoms with Crippen LogP contribution in [0, 0.1) is 0 Å². The van der Waals surface area contributed by atoms with Crippen molar-refractivity contribution in [1.29, 1.82) is 0 Å². The van der Waals surface area contributed by atoms with Crippen molar-refractivity contribution < 1.29 is 24.6 Å². The summed E-state index contributed by atoms with van der Waals surface area (Å²) in [5, 5.41) is 24.0. The maximum absolute atomic E-state index is 13.1. The van der Waals surface area contributed by atoms with E-state index in [4.69, 9.17) is 5.11 Å². The van der Waals surface area contributed by atoms with Gasteiger partial charge in [0.05, 0.1) is 6.61 Å². The lowest BCUT2D eigenvalue weighted by Crippen LogP contribution is -2.54. The summed E-state index contributed by atoms with van der Waals surface area (Å²) < 4.78 is 0. The molecular weight excluding hydrogens is 456 g/mol. The molecule has 4 N–H and O–H groups in total. The van der Waals surface area contributed by atoms with Crippen LogP contribution in [0.1, 0.15) is 48.2 Å². The Morgan fingerprint density at radius 2 is 1.42 bits per heavy atom. The number of nitrogens with one attached hydrogen (secondary N) is 2. The first-order valence-electron chi connectivity index (χ1n) is 11.9. The van der Waals surface area contributed by atoms with Crippen LogP contribution in [-0.2, 0) is 22.6 Å². The predicted octanol–water partition coefficient (Wildman–Crippen LogP) is 3.95. The second-order valence-corrected chi connectivity index (χ2v) is 9.43. The van der Waals surface area contributed by atoms with Gasteiger partial charge in [-0.3, -0.25) is 14.4 Å². The van der Waals surface area contributed by atoms with E-state index in [-0.39, 0.29) is 19.4 Å². The smallest absolute Gasteiger partial charge is 0.303 e. The van der Waals surface area contributed by atoms with Crippen LogP contribution in [0.5, 0.6) is 0 Å². The fourth-order valence-corrected chi connectivity index (χ4v) is 3.97. The number of carboxylic acid groups (broad SMARTS) is 1. The van der Waals surface area contributed by atoms with Crippen LogP contribution in [0.2, 0.25) is 0 Å². The fourth-order valence-electron chi connectivity index (χ4n) is 3.97. The van der Waals surface area contributed by atoms with Gasteiger partial charge in [-0.05, 0) is 61.1 Å². The summed E-state index contributed by atoms with van der Waals surface area (Å²) >= 11 is 0. The molecule has 2 amide bonds. The minimum absolute atomic E-state index is 0.0242. The van der Waals surface area contributed by atoms with Gasteiger partial charge in [0, 0.05) is 17.5 Å². The summed E-state index contributed by atoms with van der Waals surface area (Å²) in [7, 11) is 0. The van der Waals surface area contributed by atoms with Crippen LogP contribution < -0.4 is 10.6 Å². The van der Waals surface area contributed by atoms with E-state index in [0.717, 1.165) is 22.3 Å². The molecule has 0 radical (unpaired) electrons. The number of carbonyl (C=O) groups is 3. The van der Waals surface area contributed by atoms with Gasteiger partial charge in [-0.25, -0.2) is 0 Å². The molecule has 0 aliphatic rings. The predicted molar refractivity (Wildman–Crippen MR) is 138 cm³/mol. The van der Waals surface area contributed by atoms with Crippen molar-refractivity contribution >= 4 is 17.8 Å². The topological polar surface area (TPSA) is 116 Å². The van der Waals surface area contributed by atoms with Gasteiger partial charge in [-0.1, -0.05) is 66.7 Å². The lowest BCUT2D eigenvalue weighted by molar-refractivity contribution is -0.137. The number of carboxylic acids is 1. The molecule has 7 heteroatoms. The van der Waals surface area contributed by atoms with Crippen LogP contribution in [0.25, 0.3) is 11.1 Å². The fraction of sp³-hybridized carbons (Fsp3) is 0.276. The van der Waals surface area contributed by atoms with Crippen molar-refractivity contribution in [3.05, 3.63) is 95.6 Å². The van der Waals surface area contributed by atoms with Gasteiger partial charge >= 0.3 is 5.97 Å². The molecule has 0 unspecified atom stereocenters. The first kappa shape index (κ1) is 26.6. The second-order valence-electron chi connectivity index (χ2n) is 9.43. The molecule has 7 nitrogen and oxygen atoms in total. The lowest BCUT2D eigenvalue weighted by atomic mass is 9.94. The third-order valence-electron chi connectivity index (χ3n) is 5.84. The summed E-state index contributed by atoms with van der Waals surface area (Å²) in [4.78, 5) is 37.2. The summed E-state index contributed by atoms with van der Waals surface area (Å²) in [6.45, 7) is 3.75. The van der Waals surface area contributed by atoms with E-state index in [2.05, 4.69) is 10.6 Å². The molecule has 0 saturated carbocycles. The zero-order valence-electron chi connectivity index (χ0n) is 20.5. The minimum Gasteiger partial charge on any atom is -0.481 e. The van der Waals surface area contributed by atoms with E-state index in [1.165, 1.54) is 0 Å². The summed E-state index contributed by atoms with van der Waals surface area (Å²) in [5.74, 6) is -1.92. The molecule has 0 aliphatic carbocycles. The third-order valence-corrected chi connectivity index (χ3v) is 5.84. The molecule has 36 heavy (non-hydrogen) atoms. The number of carbonyl (C=O) groups excluding carboxylic acids is 2. The van der Waals surface area contributed by atoms with Gasteiger partial charge < -0.3 is 20.8 Å². The number of rotatable bonds is 11. The molecule has 1 atom stereocenters. The molecule has 0 heterocycles. The zero-order valence-corrected chi connectivity index (χ0v) is 20.5. The van der Waals surface area contributed by atoms with Crippen molar-refractivity contribution in [1.82, 2.24) is 10.6 Å². The van der Waals surface area contributed by atoms with Crippen molar-refractivity contribution in [2.75, 3.05) is 0 Å². The molecule has 3 aromatic carbocycles. The molecule has 0 saturated heterocycles. The first-order chi connectivity index (χ1) is 17.2. The van der Waals surface area contributed by atoms with E-state index in [9.17, 15) is 19.5 Å². The van der Waals surface area contributed by atoms with Crippen molar-refractivity contribution in [2.45, 2.75) is 51.3 Å². The maximum atomic E-state index is 13.1. The Labute approximate surface area is 211 Å². The van der Waals surface area contributed by atoms with Gasteiger partial charge in [0.15, 0.2) is 0 Å². The number of aliphatic hydroxyl groups is 1. The molecule has 0 aliphatic heterocycles. The highest BCUT2D eigenvalue weighted by molar-refractivity contribution is 5.98. The molecule has 0 fully saturated rings. The van der Waals surface area contributed by atoms with Crippen LogP contribution >= 0.6 is 0 Å². The number of hydrogen-bond acceptors (Lipinski definition) is 4. The molecule has 0 aromatic heterocycles. The zero-order chi connectivity index (χ0) is 26.1. The van der Waals surface area contributed by atoms with Gasteiger partial charge in [0.25, 0.3) is 5.91 Å². The van der Waals surface area contributed by atoms with Crippen LogP contribution in [0.15, 0.2) is 78.9 Å². The minimum atomic E-state index is -1.04. The second kappa shape index (κ2) is 12.1. The van der Waals surface area contributed by atoms with E-state index in [1.807, 2.05) is 68.4 Å². The molecule has 0 spiro atoms. The summed E-state index contributed by atoms with van der Waals surface area (Å²) in [6, 6.07) is 23.1. The number of hydrogen-bond donors (Lipinski definition) is 4. The van der Waals surface area contributed by atoms with Crippen LogP contribution in [0.4, 0.5) is 0 Å². The molecule has 3 rings (SSSR count). The molecular formula is C29H32N2O5. The average molecular weight is 489 g/mol. The Morgan fingerprint density at radius 1 is 0.833 bits per heavy atom.